The van der Waals surface area contributed by atoms with Crippen LogP contribution in [0.15, 0.2) is 44.8 Å². The fraction of sp³-hybridized carbons (Fsp3) is 0.444. The van der Waals surface area contributed by atoms with E-state index in [0.29, 0.717) is 0 Å². The zero-order valence-electron chi connectivity index (χ0n) is 15.5. The van der Waals surface area contributed by atoms with Gasteiger partial charge in [-0.15, -0.1) is 11.3 Å². The van der Waals surface area contributed by atoms with Gasteiger partial charge in [0.05, 0.1) is 5.75 Å². The minimum absolute atomic E-state index is 0.0374. The highest BCUT2D eigenvalue weighted by Crippen LogP contribution is 2.32. The quantitative estimate of drug-likeness (QED) is 0.707. The van der Waals surface area contributed by atoms with Gasteiger partial charge in [0.15, 0.2) is 9.84 Å². The van der Waals surface area contributed by atoms with E-state index in [2.05, 4.69) is 4.90 Å². The van der Waals surface area contributed by atoms with Crippen molar-refractivity contribution in [2.75, 3.05) is 32.1 Å². The number of sulfone groups is 1. The Labute approximate surface area is 165 Å². The molecule has 1 aromatic heterocycles. The van der Waals surface area contributed by atoms with Gasteiger partial charge in [-0.3, -0.25) is 0 Å². The molecule has 0 radical (unpaired) electrons. The van der Waals surface area contributed by atoms with Crippen LogP contribution in [0.1, 0.15) is 24.8 Å². The van der Waals surface area contributed by atoms with E-state index in [1.54, 1.807) is 0 Å². The van der Waals surface area contributed by atoms with Crippen LogP contribution < -0.4 is 4.90 Å². The third kappa shape index (κ3) is 4.37. The lowest BCUT2D eigenvalue weighted by Gasteiger charge is -2.30. The SMILES string of the molecule is CN(C)S(=O)(=O)c1ccc(S(=O)(=O)Cc2ccccc2N2CCCCC2)s1. The maximum atomic E-state index is 12.9. The topological polar surface area (TPSA) is 74.8 Å². The number of rotatable bonds is 6. The number of thiophene rings is 1. The second kappa shape index (κ2) is 7.90. The maximum Gasteiger partial charge on any atom is 0.252 e. The van der Waals surface area contributed by atoms with E-state index in [4.69, 9.17) is 0 Å². The van der Waals surface area contributed by atoms with Crippen LogP contribution in [0.25, 0.3) is 0 Å². The Morgan fingerprint density at radius 2 is 1.56 bits per heavy atom. The molecule has 0 spiro atoms. The van der Waals surface area contributed by atoms with E-state index in [1.807, 2.05) is 24.3 Å². The average Bonchev–Trinajstić information content (AvgIpc) is 3.14. The summed E-state index contributed by atoms with van der Waals surface area (Å²) in [4.78, 5) is 2.24. The van der Waals surface area contributed by atoms with Crippen LogP contribution in [0.4, 0.5) is 5.69 Å². The molecular weight excluding hydrogens is 404 g/mol. The molecule has 9 heteroatoms. The first-order chi connectivity index (χ1) is 12.7. The number of anilines is 1. The van der Waals surface area contributed by atoms with Gasteiger partial charge in [0.25, 0.3) is 10.0 Å². The first-order valence-electron chi connectivity index (χ1n) is 8.80. The lowest BCUT2D eigenvalue weighted by atomic mass is 10.1. The molecule has 0 amide bonds. The summed E-state index contributed by atoms with van der Waals surface area (Å²) in [5, 5.41) is 0. The number of hydrogen-bond donors (Lipinski definition) is 0. The molecule has 1 aliphatic rings. The molecule has 0 saturated carbocycles. The van der Waals surface area contributed by atoms with Crippen molar-refractivity contribution in [2.24, 2.45) is 0 Å². The summed E-state index contributed by atoms with van der Waals surface area (Å²) in [7, 11) is -4.41. The summed E-state index contributed by atoms with van der Waals surface area (Å²) in [5.41, 5.74) is 1.71. The first kappa shape index (κ1) is 20.3. The molecule has 0 atom stereocenters. The van der Waals surface area contributed by atoms with Crippen LogP contribution in [-0.2, 0) is 25.6 Å². The summed E-state index contributed by atoms with van der Waals surface area (Å²) < 4.78 is 51.5. The molecule has 3 rings (SSSR count). The summed E-state index contributed by atoms with van der Waals surface area (Å²) >= 11 is 0.805. The predicted molar refractivity (Wildman–Crippen MR) is 109 cm³/mol. The summed E-state index contributed by atoms with van der Waals surface area (Å²) in [6, 6.07) is 10.3. The second-order valence-corrected chi connectivity index (χ2v) is 12.5. The zero-order valence-corrected chi connectivity index (χ0v) is 17.9. The van der Waals surface area contributed by atoms with Crippen LogP contribution in [0.5, 0.6) is 0 Å². The average molecular weight is 429 g/mol. The number of sulfonamides is 1. The molecule has 27 heavy (non-hydrogen) atoms. The molecule has 1 aliphatic heterocycles. The Kier molecular flexibility index (Phi) is 5.95. The van der Waals surface area contributed by atoms with Crippen molar-refractivity contribution in [3.8, 4) is 0 Å². The summed E-state index contributed by atoms with van der Waals surface area (Å²) in [6.45, 7) is 1.86. The van der Waals surface area contributed by atoms with E-state index in [1.165, 1.54) is 32.6 Å². The van der Waals surface area contributed by atoms with Gasteiger partial charge in [-0.1, -0.05) is 18.2 Å². The van der Waals surface area contributed by atoms with Crippen molar-refractivity contribution in [1.29, 1.82) is 0 Å². The van der Waals surface area contributed by atoms with Gasteiger partial charge in [0.2, 0.25) is 0 Å². The summed E-state index contributed by atoms with van der Waals surface area (Å²) in [6.07, 6.45) is 3.42. The molecule has 2 aromatic rings. The van der Waals surface area contributed by atoms with Crippen LogP contribution in [0, 0.1) is 0 Å². The molecular formula is C18H24N2O4S3. The summed E-state index contributed by atoms with van der Waals surface area (Å²) in [5.74, 6) is -0.137. The van der Waals surface area contributed by atoms with Gasteiger partial charge < -0.3 is 4.90 Å². The number of hydrogen-bond acceptors (Lipinski definition) is 6. The highest BCUT2D eigenvalue weighted by atomic mass is 32.3. The molecule has 6 nitrogen and oxygen atoms in total. The van der Waals surface area contributed by atoms with Crippen molar-refractivity contribution in [3.05, 3.63) is 42.0 Å². The normalized spacial score (nSPS) is 16.0. The Balaban J connectivity index is 1.89. The van der Waals surface area contributed by atoms with Crippen molar-refractivity contribution in [2.45, 2.75) is 33.4 Å². The van der Waals surface area contributed by atoms with Gasteiger partial charge >= 0.3 is 0 Å². The molecule has 2 heterocycles. The third-order valence-electron chi connectivity index (χ3n) is 4.63. The fourth-order valence-corrected chi connectivity index (χ4v) is 7.53. The molecule has 1 saturated heterocycles. The largest absolute Gasteiger partial charge is 0.371 e. The smallest absolute Gasteiger partial charge is 0.252 e. The standard InChI is InChI=1S/C18H24N2O4S3/c1-19(2)27(23,24)18-11-10-17(25-18)26(21,22)14-15-8-4-5-9-16(15)20-12-6-3-7-13-20/h4-5,8-11H,3,6-7,12-14H2,1-2H3. The Morgan fingerprint density at radius 1 is 0.926 bits per heavy atom. The Morgan fingerprint density at radius 3 is 2.22 bits per heavy atom. The predicted octanol–water partition coefficient (Wildman–Crippen LogP) is 2.96. The number of benzene rings is 1. The van der Waals surface area contributed by atoms with Crippen LogP contribution in [0.2, 0.25) is 0 Å². The lowest BCUT2D eigenvalue weighted by Crippen LogP contribution is -2.30. The van der Waals surface area contributed by atoms with Gasteiger partial charge in [-0.05, 0) is 43.0 Å². The Bertz CT molecular complexity index is 1000. The fourth-order valence-electron chi connectivity index (χ4n) is 3.14. The number of para-hydroxylation sites is 1. The van der Waals surface area contributed by atoms with Crippen molar-refractivity contribution in [1.82, 2.24) is 4.31 Å². The van der Waals surface area contributed by atoms with E-state index < -0.39 is 19.9 Å². The van der Waals surface area contributed by atoms with Crippen LogP contribution in [-0.4, -0.2) is 48.3 Å². The van der Waals surface area contributed by atoms with E-state index >= 15 is 0 Å². The minimum atomic E-state index is -3.64. The van der Waals surface area contributed by atoms with Gasteiger partial charge in [-0.2, -0.15) is 0 Å². The van der Waals surface area contributed by atoms with Gasteiger partial charge in [0.1, 0.15) is 8.42 Å². The van der Waals surface area contributed by atoms with Gasteiger partial charge in [-0.25, -0.2) is 21.1 Å². The van der Waals surface area contributed by atoms with Gasteiger partial charge in [0, 0.05) is 32.9 Å². The van der Waals surface area contributed by atoms with Crippen molar-refractivity contribution < 1.29 is 16.8 Å². The lowest BCUT2D eigenvalue weighted by molar-refractivity contribution is 0.523. The molecule has 1 aromatic carbocycles. The van der Waals surface area contributed by atoms with E-state index in [9.17, 15) is 16.8 Å². The maximum absolute atomic E-state index is 12.9. The minimum Gasteiger partial charge on any atom is -0.371 e. The van der Waals surface area contributed by atoms with E-state index in [0.717, 1.165) is 52.8 Å². The van der Waals surface area contributed by atoms with Crippen LogP contribution in [0.3, 0.4) is 0 Å². The second-order valence-electron chi connectivity index (χ2n) is 6.80. The molecule has 0 N–H and O–H groups in total. The Hall–Kier alpha value is -1.42. The molecule has 1 fully saturated rings. The monoisotopic (exact) mass is 428 g/mol. The highest BCUT2D eigenvalue weighted by molar-refractivity contribution is 7.94. The number of nitrogens with zero attached hydrogens (tertiary/aromatic N) is 2. The zero-order chi connectivity index (χ0) is 19.7. The molecule has 148 valence electrons. The van der Waals surface area contributed by atoms with E-state index in [-0.39, 0.29) is 14.2 Å². The van der Waals surface area contributed by atoms with Crippen LogP contribution >= 0.6 is 11.3 Å². The highest BCUT2D eigenvalue weighted by Gasteiger charge is 2.26. The first-order valence-corrected chi connectivity index (χ1v) is 12.7. The van der Waals surface area contributed by atoms with Crippen molar-refractivity contribution >= 4 is 36.9 Å². The molecule has 0 unspecified atom stereocenters. The van der Waals surface area contributed by atoms with Crippen molar-refractivity contribution in [3.63, 3.8) is 0 Å². The molecule has 0 aliphatic carbocycles. The number of piperidine rings is 1. The molecule has 0 bridgehead atoms. The third-order valence-corrected chi connectivity index (χ3v) is 10.2.